The lowest BCUT2D eigenvalue weighted by Gasteiger charge is -2.08. The number of thiophene rings is 1. The number of hydrogen-bond donors (Lipinski definition) is 2. The monoisotopic (exact) mass is 397 g/mol. The van der Waals surface area contributed by atoms with Crippen LogP contribution in [0.25, 0.3) is 33.1 Å². The Morgan fingerprint density at radius 3 is 2.66 bits per heavy atom. The Balaban J connectivity index is 1.65. The molecular weight excluding hydrogens is 378 g/mol. The number of aromatic amines is 1. The van der Waals surface area contributed by atoms with Gasteiger partial charge in [-0.15, -0.1) is 11.3 Å². The molecule has 0 aliphatic heterocycles. The number of fused-ring (bicyclic) bond motifs is 3. The quantitative estimate of drug-likeness (QED) is 0.410. The lowest BCUT2D eigenvalue weighted by Crippen LogP contribution is -2.23. The lowest BCUT2D eigenvalue weighted by atomic mass is 10.1. The van der Waals surface area contributed by atoms with Gasteiger partial charge in [-0.2, -0.15) is 0 Å². The van der Waals surface area contributed by atoms with Gasteiger partial charge in [0.2, 0.25) is 0 Å². The van der Waals surface area contributed by atoms with Crippen molar-refractivity contribution < 1.29 is 4.79 Å². The van der Waals surface area contributed by atoms with Crippen molar-refractivity contribution >= 4 is 39.0 Å². The fraction of sp³-hybridized carbons (Fsp3) is 0.0833. The highest BCUT2D eigenvalue weighted by atomic mass is 32.1. The molecule has 0 bridgehead atoms. The van der Waals surface area contributed by atoms with E-state index < -0.39 is 0 Å². The number of aromatic nitrogens is 2. The molecule has 3 heterocycles. The molecule has 0 unspecified atom stereocenters. The van der Waals surface area contributed by atoms with Crippen LogP contribution >= 0.6 is 11.3 Å². The van der Waals surface area contributed by atoms with Crippen LogP contribution in [0, 0.1) is 6.92 Å². The summed E-state index contributed by atoms with van der Waals surface area (Å²) in [6.45, 7) is 2.56. The zero-order valence-corrected chi connectivity index (χ0v) is 16.7. The third-order valence-electron chi connectivity index (χ3n) is 5.06. The molecule has 2 N–H and O–H groups in total. The summed E-state index contributed by atoms with van der Waals surface area (Å²) < 4.78 is 0. The van der Waals surface area contributed by atoms with Crippen molar-refractivity contribution in [3.8, 4) is 11.3 Å². The zero-order valence-electron chi connectivity index (χ0n) is 15.9. The van der Waals surface area contributed by atoms with Gasteiger partial charge < -0.3 is 10.3 Å². The first-order valence-corrected chi connectivity index (χ1v) is 10.4. The molecule has 0 saturated carbocycles. The number of hydrogen-bond acceptors (Lipinski definition) is 3. The Morgan fingerprint density at radius 1 is 1.03 bits per heavy atom. The molecule has 0 radical (unpaired) electrons. The summed E-state index contributed by atoms with van der Waals surface area (Å²) in [4.78, 5) is 22.3. The van der Waals surface area contributed by atoms with Gasteiger partial charge in [0.05, 0.1) is 17.8 Å². The van der Waals surface area contributed by atoms with E-state index in [-0.39, 0.29) is 5.91 Å². The number of benzene rings is 2. The Morgan fingerprint density at radius 2 is 1.86 bits per heavy atom. The molecule has 5 rings (SSSR count). The van der Waals surface area contributed by atoms with Crippen LogP contribution in [0.1, 0.15) is 20.9 Å². The van der Waals surface area contributed by atoms with E-state index >= 15 is 0 Å². The fourth-order valence-corrected chi connectivity index (χ4v) is 4.20. The number of rotatable bonds is 4. The molecule has 142 valence electrons. The van der Waals surface area contributed by atoms with Crippen LogP contribution in [0.5, 0.6) is 0 Å². The van der Waals surface area contributed by atoms with Gasteiger partial charge in [0, 0.05) is 26.7 Å². The average Bonchev–Trinajstić information content (AvgIpc) is 3.39. The highest BCUT2D eigenvalue weighted by Crippen LogP contribution is 2.32. The highest BCUT2D eigenvalue weighted by Gasteiger charge is 2.17. The van der Waals surface area contributed by atoms with Crippen molar-refractivity contribution in [1.82, 2.24) is 15.3 Å². The molecule has 29 heavy (non-hydrogen) atoms. The molecular formula is C24H19N3OS. The summed E-state index contributed by atoms with van der Waals surface area (Å²) in [7, 11) is 0. The maximum Gasteiger partial charge on any atom is 0.270 e. The maximum atomic E-state index is 12.9. The topological polar surface area (TPSA) is 57.8 Å². The van der Waals surface area contributed by atoms with Crippen LogP contribution in [0.3, 0.4) is 0 Å². The van der Waals surface area contributed by atoms with Crippen LogP contribution in [0.4, 0.5) is 0 Å². The van der Waals surface area contributed by atoms with Gasteiger partial charge in [-0.3, -0.25) is 4.79 Å². The molecule has 0 aliphatic carbocycles. The van der Waals surface area contributed by atoms with E-state index in [1.54, 1.807) is 11.3 Å². The summed E-state index contributed by atoms with van der Waals surface area (Å²) in [6, 6.07) is 22.2. The minimum Gasteiger partial charge on any atom is -0.353 e. The molecule has 1 amide bonds. The third kappa shape index (κ3) is 3.30. The number of carbonyl (C=O) groups excluding carboxylic acids is 1. The van der Waals surface area contributed by atoms with E-state index in [9.17, 15) is 4.79 Å². The zero-order chi connectivity index (χ0) is 19.8. The fourth-order valence-electron chi connectivity index (χ4n) is 3.55. The first-order chi connectivity index (χ1) is 14.2. The van der Waals surface area contributed by atoms with Gasteiger partial charge in [-0.1, -0.05) is 54.1 Å². The molecule has 5 heteroatoms. The van der Waals surface area contributed by atoms with Crippen molar-refractivity contribution in [1.29, 1.82) is 0 Å². The minimum absolute atomic E-state index is 0.168. The summed E-state index contributed by atoms with van der Waals surface area (Å²) >= 11 is 1.63. The number of nitrogens with zero attached hydrogens (tertiary/aromatic N) is 1. The van der Waals surface area contributed by atoms with Gasteiger partial charge in [-0.05, 0) is 30.5 Å². The van der Waals surface area contributed by atoms with E-state index in [2.05, 4.69) is 47.6 Å². The van der Waals surface area contributed by atoms with Crippen LogP contribution in [0.15, 0.2) is 72.1 Å². The van der Waals surface area contributed by atoms with Crippen molar-refractivity contribution in [3.05, 3.63) is 88.2 Å². The molecule has 2 aromatic carbocycles. The number of pyridine rings is 1. The summed E-state index contributed by atoms with van der Waals surface area (Å²) in [5, 5.41) is 7.10. The van der Waals surface area contributed by atoms with E-state index in [1.165, 1.54) is 5.56 Å². The number of para-hydroxylation sites is 1. The molecule has 4 nitrogen and oxygen atoms in total. The molecule has 0 atom stereocenters. The van der Waals surface area contributed by atoms with Crippen LogP contribution < -0.4 is 5.32 Å². The number of H-pyrrole nitrogens is 1. The first kappa shape index (κ1) is 17.6. The van der Waals surface area contributed by atoms with E-state index in [1.807, 2.05) is 41.8 Å². The second-order valence-corrected chi connectivity index (χ2v) is 8.11. The molecule has 0 spiro atoms. The predicted octanol–water partition coefficient (Wildman–Crippen LogP) is 5.68. The Labute approximate surface area is 172 Å². The standard InChI is InChI=1S/C24H19N3OS/c1-15-8-10-16(11-9-15)22-23-19(18-6-2-3-7-20(18)26-23)13-21(27-22)24(28)25-14-17-5-4-12-29-17/h2-13,26H,14H2,1H3,(H,25,28). The number of nitrogens with one attached hydrogen (secondary N) is 2. The van der Waals surface area contributed by atoms with Gasteiger partial charge >= 0.3 is 0 Å². The van der Waals surface area contributed by atoms with E-state index in [4.69, 9.17) is 4.98 Å². The smallest absolute Gasteiger partial charge is 0.270 e. The van der Waals surface area contributed by atoms with Crippen molar-refractivity contribution in [3.63, 3.8) is 0 Å². The van der Waals surface area contributed by atoms with Gasteiger partial charge in [0.1, 0.15) is 5.69 Å². The summed E-state index contributed by atoms with van der Waals surface area (Å²) in [5.41, 5.74) is 5.37. The molecule has 0 aliphatic rings. The predicted molar refractivity (Wildman–Crippen MR) is 119 cm³/mol. The van der Waals surface area contributed by atoms with Crippen LogP contribution in [-0.4, -0.2) is 15.9 Å². The maximum absolute atomic E-state index is 12.9. The Bertz CT molecular complexity index is 1320. The third-order valence-corrected chi connectivity index (χ3v) is 5.93. The minimum atomic E-state index is -0.168. The second-order valence-electron chi connectivity index (χ2n) is 7.08. The normalized spacial score (nSPS) is 11.2. The van der Waals surface area contributed by atoms with Crippen LogP contribution in [0.2, 0.25) is 0 Å². The van der Waals surface area contributed by atoms with Gasteiger partial charge in [-0.25, -0.2) is 4.98 Å². The van der Waals surface area contributed by atoms with Crippen molar-refractivity contribution in [2.45, 2.75) is 13.5 Å². The number of carbonyl (C=O) groups is 1. The lowest BCUT2D eigenvalue weighted by molar-refractivity contribution is 0.0946. The summed E-state index contributed by atoms with van der Waals surface area (Å²) in [6.07, 6.45) is 0. The van der Waals surface area contributed by atoms with Crippen LogP contribution in [-0.2, 0) is 6.54 Å². The number of aryl methyl sites for hydroxylation is 1. The average molecular weight is 398 g/mol. The largest absolute Gasteiger partial charge is 0.353 e. The van der Waals surface area contributed by atoms with Crippen molar-refractivity contribution in [2.75, 3.05) is 0 Å². The van der Waals surface area contributed by atoms with Crippen molar-refractivity contribution in [2.24, 2.45) is 0 Å². The first-order valence-electron chi connectivity index (χ1n) is 9.48. The Kier molecular flexibility index (Phi) is 4.37. The van der Waals surface area contributed by atoms with Gasteiger partial charge in [0.15, 0.2) is 0 Å². The highest BCUT2D eigenvalue weighted by molar-refractivity contribution is 7.09. The molecule has 3 aromatic heterocycles. The summed E-state index contributed by atoms with van der Waals surface area (Å²) in [5.74, 6) is -0.168. The van der Waals surface area contributed by atoms with E-state index in [0.29, 0.717) is 12.2 Å². The van der Waals surface area contributed by atoms with Gasteiger partial charge in [0.25, 0.3) is 5.91 Å². The second kappa shape index (κ2) is 7.18. The molecule has 5 aromatic rings. The molecule has 0 fully saturated rings. The number of amides is 1. The SMILES string of the molecule is Cc1ccc(-c2nc(C(=O)NCc3cccs3)cc3c2[nH]c2ccccc23)cc1. The molecule has 0 saturated heterocycles. The Hall–Kier alpha value is -3.44. The van der Waals surface area contributed by atoms with E-state index in [0.717, 1.165) is 37.9 Å².